The Kier molecular flexibility index (Phi) is 6.14. The van der Waals surface area contributed by atoms with Crippen molar-refractivity contribution in [1.29, 1.82) is 0 Å². The first-order chi connectivity index (χ1) is 13.0. The zero-order valence-electron chi connectivity index (χ0n) is 16.2. The van der Waals surface area contributed by atoms with E-state index in [2.05, 4.69) is 5.32 Å². The molecule has 2 aliphatic heterocycles. The molecule has 0 bridgehead atoms. The number of carbonyl (C=O) groups is 3. The van der Waals surface area contributed by atoms with Gasteiger partial charge in [0.25, 0.3) is 5.91 Å². The molecule has 0 aromatic heterocycles. The number of amides is 3. The number of nitrogens with one attached hydrogen (secondary N) is 1. The number of likely N-dealkylation sites (tertiary alicyclic amines) is 2. The SMILES string of the molecule is CC(=O)N1CCC([C@H](NC(=O)c2ccc(C)cc2)C(=O)N2CCCC2)CC1. The highest BCUT2D eigenvalue weighted by atomic mass is 16.2. The molecule has 2 heterocycles. The summed E-state index contributed by atoms with van der Waals surface area (Å²) < 4.78 is 0. The Labute approximate surface area is 160 Å². The van der Waals surface area contributed by atoms with Crippen LogP contribution in [0.2, 0.25) is 0 Å². The molecule has 3 amide bonds. The summed E-state index contributed by atoms with van der Waals surface area (Å²) in [5, 5.41) is 3.01. The Morgan fingerprint density at radius 1 is 0.963 bits per heavy atom. The predicted molar refractivity (Wildman–Crippen MR) is 103 cm³/mol. The van der Waals surface area contributed by atoms with Crippen LogP contribution in [0.4, 0.5) is 0 Å². The summed E-state index contributed by atoms with van der Waals surface area (Å²) in [7, 11) is 0. The molecule has 6 heteroatoms. The summed E-state index contributed by atoms with van der Waals surface area (Å²) in [5.41, 5.74) is 1.66. The van der Waals surface area contributed by atoms with Crippen molar-refractivity contribution in [3.63, 3.8) is 0 Å². The molecule has 0 saturated carbocycles. The zero-order chi connectivity index (χ0) is 19.4. The molecule has 1 atom stereocenters. The maximum absolute atomic E-state index is 13.1. The molecule has 0 unspecified atom stereocenters. The molecule has 0 spiro atoms. The predicted octanol–water partition coefficient (Wildman–Crippen LogP) is 1.97. The molecule has 27 heavy (non-hydrogen) atoms. The third-order valence-corrected chi connectivity index (χ3v) is 5.74. The molecule has 6 nitrogen and oxygen atoms in total. The van der Waals surface area contributed by atoms with Gasteiger partial charge in [0.15, 0.2) is 0 Å². The van der Waals surface area contributed by atoms with Gasteiger partial charge in [-0.3, -0.25) is 14.4 Å². The van der Waals surface area contributed by atoms with Crippen molar-refractivity contribution < 1.29 is 14.4 Å². The van der Waals surface area contributed by atoms with E-state index in [9.17, 15) is 14.4 Å². The number of benzene rings is 1. The van der Waals surface area contributed by atoms with E-state index in [-0.39, 0.29) is 23.6 Å². The van der Waals surface area contributed by atoms with Crippen LogP contribution in [0.5, 0.6) is 0 Å². The second-order valence-electron chi connectivity index (χ2n) is 7.69. The highest BCUT2D eigenvalue weighted by Crippen LogP contribution is 2.24. The van der Waals surface area contributed by atoms with E-state index in [4.69, 9.17) is 0 Å². The average Bonchev–Trinajstić information content (AvgIpc) is 3.21. The number of nitrogens with zero attached hydrogens (tertiary/aromatic N) is 2. The van der Waals surface area contributed by atoms with Crippen LogP contribution in [0.25, 0.3) is 0 Å². The van der Waals surface area contributed by atoms with Gasteiger partial charge in [0.05, 0.1) is 0 Å². The summed E-state index contributed by atoms with van der Waals surface area (Å²) in [6.45, 7) is 6.37. The van der Waals surface area contributed by atoms with Gasteiger partial charge in [-0.15, -0.1) is 0 Å². The molecule has 1 aromatic carbocycles. The summed E-state index contributed by atoms with van der Waals surface area (Å²) in [4.78, 5) is 41.1. The lowest BCUT2D eigenvalue weighted by Gasteiger charge is -2.36. The summed E-state index contributed by atoms with van der Waals surface area (Å²) in [6.07, 6.45) is 3.51. The molecule has 146 valence electrons. The molecule has 1 N–H and O–H groups in total. The topological polar surface area (TPSA) is 69.7 Å². The largest absolute Gasteiger partial charge is 0.343 e. The lowest BCUT2D eigenvalue weighted by Crippen LogP contribution is -2.54. The third-order valence-electron chi connectivity index (χ3n) is 5.74. The Morgan fingerprint density at radius 3 is 2.11 bits per heavy atom. The van der Waals surface area contributed by atoms with Crippen LogP contribution in [0.3, 0.4) is 0 Å². The monoisotopic (exact) mass is 371 g/mol. The number of hydrogen-bond acceptors (Lipinski definition) is 3. The van der Waals surface area contributed by atoms with Gasteiger partial charge in [0.1, 0.15) is 6.04 Å². The average molecular weight is 371 g/mol. The van der Waals surface area contributed by atoms with Crippen molar-refractivity contribution in [1.82, 2.24) is 15.1 Å². The van der Waals surface area contributed by atoms with Gasteiger partial charge in [0.2, 0.25) is 11.8 Å². The van der Waals surface area contributed by atoms with Crippen molar-refractivity contribution in [2.24, 2.45) is 5.92 Å². The molecule has 0 radical (unpaired) electrons. The van der Waals surface area contributed by atoms with Gasteiger partial charge >= 0.3 is 0 Å². The van der Waals surface area contributed by atoms with E-state index in [0.717, 1.165) is 44.3 Å². The van der Waals surface area contributed by atoms with Gasteiger partial charge in [-0.1, -0.05) is 17.7 Å². The Bertz CT molecular complexity index is 687. The van der Waals surface area contributed by atoms with Gasteiger partial charge < -0.3 is 15.1 Å². The lowest BCUT2D eigenvalue weighted by atomic mass is 9.88. The Balaban J connectivity index is 1.73. The van der Waals surface area contributed by atoms with Crippen LogP contribution in [0.1, 0.15) is 48.5 Å². The van der Waals surface area contributed by atoms with Gasteiger partial charge in [-0.25, -0.2) is 0 Å². The molecule has 1 aromatic rings. The number of hydrogen-bond donors (Lipinski definition) is 1. The first-order valence-corrected chi connectivity index (χ1v) is 9.87. The molecule has 2 fully saturated rings. The second-order valence-corrected chi connectivity index (χ2v) is 7.69. The van der Waals surface area contributed by atoms with Crippen LogP contribution in [-0.2, 0) is 9.59 Å². The lowest BCUT2D eigenvalue weighted by molar-refractivity contribution is -0.134. The number of aryl methyl sites for hydroxylation is 1. The number of piperidine rings is 1. The van der Waals surface area contributed by atoms with Crippen LogP contribution in [0, 0.1) is 12.8 Å². The van der Waals surface area contributed by atoms with Crippen LogP contribution in [-0.4, -0.2) is 59.7 Å². The Hall–Kier alpha value is -2.37. The minimum absolute atomic E-state index is 0.0224. The molecule has 2 saturated heterocycles. The molecule has 3 rings (SSSR count). The van der Waals surface area contributed by atoms with Gasteiger partial charge in [-0.2, -0.15) is 0 Å². The molecular formula is C21H29N3O3. The zero-order valence-corrected chi connectivity index (χ0v) is 16.2. The summed E-state index contributed by atoms with van der Waals surface area (Å²) >= 11 is 0. The highest BCUT2D eigenvalue weighted by Gasteiger charge is 2.36. The molecule has 2 aliphatic rings. The van der Waals surface area contributed by atoms with Crippen molar-refractivity contribution >= 4 is 17.7 Å². The smallest absolute Gasteiger partial charge is 0.251 e. The summed E-state index contributed by atoms with van der Waals surface area (Å²) in [6, 6.07) is 6.86. The highest BCUT2D eigenvalue weighted by molar-refractivity contribution is 5.97. The molecular weight excluding hydrogens is 342 g/mol. The van der Waals surface area contributed by atoms with Crippen molar-refractivity contribution in [2.75, 3.05) is 26.2 Å². The van der Waals surface area contributed by atoms with Gasteiger partial charge in [0, 0.05) is 38.7 Å². The maximum atomic E-state index is 13.1. The standard InChI is InChI=1S/C21H29N3O3/c1-15-5-7-18(8-6-15)20(26)22-19(21(27)24-11-3-4-12-24)17-9-13-23(14-10-17)16(2)25/h5-8,17,19H,3-4,9-14H2,1-2H3,(H,22,26)/t19-/m0/s1. The number of rotatable bonds is 4. The van der Waals surface area contributed by atoms with E-state index in [1.165, 1.54) is 0 Å². The van der Waals surface area contributed by atoms with Crippen molar-refractivity contribution in [2.45, 2.75) is 45.6 Å². The Morgan fingerprint density at radius 2 is 1.56 bits per heavy atom. The van der Waals surface area contributed by atoms with E-state index in [0.29, 0.717) is 18.7 Å². The fourth-order valence-electron chi connectivity index (χ4n) is 3.99. The number of carbonyl (C=O) groups excluding carboxylic acids is 3. The summed E-state index contributed by atoms with van der Waals surface area (Å²) in [5.74, 6) is -0.0570. The van der Waals surface area contributed by atoms with E-state index in [1.54, 1.807) is 19.1 Å². The third kappa shape index (κ3) is 4.67. The van der Waals surface area contributed by atoms with Crippen LogP contribution < -0.4 is 5.32 Å². The second kappa shape index (κ2) is 8.55. The fraction of sp³-hybridized carbons (Fsp3) is 0.571. The van der Waals surface area contributed by atoms with E-state index >= 15 is 0 Å². The quantitative estimate of drug-likeness (QED) is 0.880. The van der Waals surface area contributed by atoms with Crippen LogP contribution in [0.15, 0.2) is 24.3 Å². The van der Waals surface area contributed by atoms with Crippen LogP contribution >= 0.6 is 0 Å². The minimum atomic E-state index is -0.522. The first-order valence-electron chi connectivity index (χ1n) is 9.87. The fourth-order valence-corrected chi connectivity index (χ4v) is 3.99. The first kappa shape index (κ1) is 19.4. The van der Waals surface area contributed by atoms with E-state index < -0.39 is 6.04 Å². The molecule has 0 aliphatic carbocycles. The minimum Gasteiger partial charge on any atom is -0.343 e. The van der Waals surface area contributed by atoms with Gasteiger partial charge in [-0.05, 0) is 50.7 Å². The van der Waals surface area contributed by atoms with Crippen molar-refractivity contribution in [3.05, 3.63) is 35.4 Å². The maximum Gasteiger partial charge on any atom is 0.251 e. The van der Waals surface area contributed by atoms with E-state index in [1.807, 2.05) is 28.9 Å². The van der Waals surface area contributed by atoms with Crippen molar-refractivity contribution in [3.8, 4) is 0 Å². The normalized spacial score (nSPS) is 19.0.